The largest absolute Gasteiger partial charge is 0.493 e. The van der Waals surface area contributed by atoms with Gasteiger partial charge in [0.05, 0.1) is 6.61 Å². The molecule has 1 amide bonds. The lowest BCUT2D eigenvalue weighted by Crippen LogP contribution is -2.42. The van der Waals surface area contributed by atoms with Gasteiger partial charge in [-0.05, 0) is 96.4 Å². The van der Waals surface area contributed by atoms with E-state index in [-0.39, 0.29) is 19.1 Å². The van der Waals surface area contributed by atoms with Crippen LogP contribution in [0.15, 0.2) is 72.8 Å². The first kappa shape index (κ1) is 28.3. The minimum atomic E-state index is -0.812. The summed E-state index contributed by atoms with van der Waals surface area (Å²) in [6.07, 6.45) is 5.31. The van der Waals surface area contributed by atoms with Crippen molar-refractivity contribution in [3.63, 3.8) is 0 Å². The first-order valence-corrected chi connectivity index (χ1v) is 15.3. The molecule has 2 saturated carbocycles. The molecule has 0 heterocycles. The van der Waals surface area contributed by atoms with E-state index in [1.165, 1.54) is 19.3 Å². The van der Waals surface area contributed by atoms with Crippen LogP contribution in [-0.2, 0) is 20.9 Å². The highest BCUT2D eigenvalue weighted by Gasteiger charge is 2.52. The van der Waals surface area contributed by atoms with Crippen LogP contribution in [0.3, 0.4) is 0 Å². The fourth-order valence-corrected chi connectivity index (χ4v) is 6.87. The predicted molar refractivity (Wildman–Crippen MR) is 161 cm³/mol. The molecule has 0 radical (unpaired) electrons. The Bertz CT molecular complexity index is 1330. The van der Waals surface area contributed by atoms with E-state index in [2.05, 4.69) is 29.6 Å². The number of hydrogen-bond acceptors (Lipinski definition) is 6. The van der Waals surface area contributed by atoms with Crippen molar-refractivity contribution in [2.75, 3.05) is 19.8 Å². The quantitative estimate of drug-likeness (QED) is 0.188. The second-order valence-corrected chi connectivity index (χ2v) is 11.8. The number of amides is 1. The number of alkyl carbamates (subject to hydrolysis) is 1. The maximum Gasteiger partial charge on any atom is 0.407 e. The molecule has 7 nitrogen and oxygen atoms in total. The van der Waals surface area contributed by atoms with Crippen LogP contribution in [0, 0.1) is 17.8 Å². The zero-order chi connectivity index (χ0) is 28.9. The maximum atomic E-state index is 13.0. The van der Waals surface area contributed by atoms with Crippen LogP contribution in [0.5, 0.6) is 5.75 Å². The summed E-state index contributed by atoms with van der Waals surface area (Å²) in [5, 5.41) is 2.75. The Morgan fingerprint density at radius 3 is 2.17 bits per heavy atom. The van der Waals surface area contributed by atoms with Crippen molar-refractivity contribution in [2.45, 2.75) is 57.1 Å². The number of rotatable bonds is 13. The van der Waals surface area contributed by atoms with Gasteiger partial charge in [0.1, 0.15) is 25.0 Å². The minimum absolute atomic E-state index is 0.0540. The highest BCUT2D eigenvalue weighted by atomic mass is 16.6. The van der Waals surface area contributed by atoms with Crippen molar-refractivity contribution in [1.82, 2.24) is 5.32 Å². The SMILES string of the molecule is NCCCC[C@H](NC(=O)OCC1c2ccccc2-c2ccccc21)C(=O)OCc1ccc(OCC2C3CCCC32)cc1. The van der Waals surface area contributed by atoms with Gasteiger partial charge in [0.15, 0.2) is 0 Å². The number of carbonyl (C=O) groups is 2. The molecule has 3 aliphatic carbocycles. The van der Waals surface area contributed by atoms with E-state index < -0.39 is 18.1 Å². The summed E-state index contributed by atoms with van der Waals surface area (Å²) < 4.78 is 17.3. The highest BCUT2D eigenvalue weighted by Crippen LogP contribution is 2.57. The zero-order valence-electron chi connectivity index (χ0n) is 24.0. The highest BCUT2D eigenvalue weighted by molar-refractivity contribution is 5.82. The molecular weight excluding hydrogens is 528 g/mol. The molecule has 0 aromatic heterocycles. The Kier molecular flexibility index (Phi) is 8.75. The van der Waals surface area contributed by atoms with Crippen molar-refractivity contribution >= 4 is 12.1 Å². The van der Waals surface area contributed by atoms with Gasteiger partial charge in [-0.25, -0.2) is 9.59 Å². The number of carbonyl (C=O) groups excluding carboxylic acids is 2. The van der Waals surface area contributed by atoms with Gasteiger partial charge in [-0.15, -0.1) is 0 Å². The molecule has 220 valence electrons. The van der Waals surface area contributed by atoms with E-state index in [9.17, 15) is 9.59 Å². The smallest absolute Gasteiger partial charge is 0.407 e. The normalized spacial score (nSPS) is 20.6. The van der Waals surface area contributed by atoms with Crippen molar-refractivity contribution < 1.29 is 23.8 Å². The van der Waals surface area contributed by atoms with Gasteiger partial charge in [0.25, 0.3) is 0 Å². The number of nitrogens with one attached hydrogen (secondary N) is 1. The molecule has 0 aliphatic heterocycles. The van der Waals surface area contributed by atoms with Crippen LogP contribution < -0.4 is 15.8 Å². The summed E-state index contributed by atoms with van der Waals surface area (Å²) in [7, 11) is 0. The third kappa shape index (κ3) is 6.31. The molecule has 3 aromatic rings. The van der Waals surface area contributed by atoms with Crippen LogP contribution in [0.4, 0.5) is 4.79 Å². The number of nitrogens with two attached hydrogens (primary N) is 1. The Morgan fingerprint density at radius 2 is 1.50 bits per heavy atom. The van der Waals surface area contributed by atoms with Gasteiger partial charge in [0.2, 0.25) is 0 Å². The summed E-state index contributed by atoms with van der Waals surface area (Å²) >= 11 is 0. The minimum Gasteiger partial charge on any atom is -0.493 e. The van der Waals surface area contributed by atoms with Gasteiger partial charge >= 0.3 is 12.1 Å². The summed E-state index contributed by atoms with van der Waals surface area (Å²) in [6, 6.07) is 23.2. The molecule has 0 spiro atoms. The zero-order valence-corrected chi connectivity index (χ0v) is 24.0. The van der Waals surface area contributed by atoms with Gasteiger partial charge < -0.3 is 25.3 Å². The molecule has 3 aromatic carbocycles. The van der Waals surface area contributed by atoms with E-state index in [0.717, 1.165) is 64.3 Å². The Hall–Kier alpha value is -3.84. The second-order valence-electron chi connectivity index (χ2n) is 11.8. The van der Waals surface area contributed by atoms with Crippen LogP contribution in [0.1, 0.15) is 61.1 Å². The van der Waals surface area contributed by atoms with Crippen LogP contribution in [-0.4, -0.2) is 37.9 Å². The van der Waals surface area contributed by atoms with E-state index in [1.807, 2.05) is 48.5 Å². The average Bonchev–Trinajstić information content (AvgIpc) is 3.31. The summed E-state index contributed by atoms with van der Waals surface area (Å²) in [6.45, 7) is 1.60. The lowest BCUT2D eigenvalue weighted by Gasteiger charge is -2.19. The van der Waals surface area contributed by atoms with Crippen LogP contribution >= 0.6 is 0 Å². The molecule has 2 fully saturated rings. The van der Waals surface area contributed by atoms with Crippen molar-refractivity contribution in [3.8, 4) is 16.9 Å². The summed E-state index contributed by atoms with van der Waals surface area (Å²) in [4.78, 5) is 25.9. The van der Waals surface area contributed by atoms with Crippen LogP contribution in [0.25, 0.3) is 11.1 Å². The molecule has 42 heavy (non-hydrogen) atoms. The van der Waals surface area contributed by atoms with Crippen LogP contribution in [0.2, 0.25) is 0 Å². The third-order valence-corrected chi connectivity index (χ3v) is 9.20. The second kappa shape index (κ2) is 13.0. The molecule has 3 N–H and O–H groups in total. The molecule has 0 saturated heterocycles. The molecule has 3 atom stereocenters. The number of fused-ring (bicyclic) bond motifs is 4. The van der Waals surface area contributed by atoms with Crippen molar-refractivity contribution in [1.29, 1.82) is 0 Å². The Morgan fingerprint density at radius 1 is 0.833 bits per heavy atom. The number of hydrogen-bond donors (Lipinski definition) is 2. The first-order chi connectivity index (χ1) is 20.6. The monoisotopic (exact) mass is 568 g/mol. The molecule has 3 aliphatic rings. The van der Waals surface area contributed by atoms with E-state index in [4.69, 9.17) is 19.9 Å². The lowest BCUT2D eigenvalue weighted by atomic mass is 9.98. The number of benzene rings is 3. The molecule has 0 bridgehead atoms. The fraction of sp³-hybridized carbons (Fsp3) is 0.429. The fourth-order valence-electron chi connectivity index (χ4n) is 6.87. The molecule has 7 heteroatoms. The number of unbranched alkanes of at least 4 members (excludes halogenated alkanes) is 1. The van der Waals surface area contributed by atoms with Gasteiger partial charge in [-0.2, -0.15) is 0 Å². The molecule has 2 unspecified atom stereocenters. The van der Waals surface area contributed by atoms with Gasteiger partial charge in [-0.3, -0.25) is 0 Å². The molecule has 6 rings (SSSR count). The predicted octanol–water partition coefficient (Wildman–Crippen LogP) is 6.19. The van der Waals surface area contributed by atoms with Gasteiger partial charge in [0, 0.05) is 5.92 Å². The molecular formula is C35H40N2O5. The Labute approximate surface area is 247 Å². The standard InChI is InChI=1S/C35H40N2O5/c36-19-6-5-14-33(34(38)41-20-23-15-17-24(18-16-23)40-21-31-29-12-7-13-30(29)31)37-35(39)42-22-32-27-10-3-1-8-25(27)26-9-2-4-11-28(26)32/h1-4,8-11,15-18,29-33H,5-7,12-14,19-22,36H2,(H,37,39)/t29?,30?,31?,33-/m0/s1. The summed E-state index contributed by atoms with van der Waals surface area (Å²) in [5.41, 5.74) is 11.1. The Balaban J connectivity index is 0.999. The number of esters is 1. The van der Waals surface area contributed by atoms with E-state index in [0.29, 0.717) is 19.4 Å². The van der Waals surface area contributed by atoms with E-state index >= 15 is 0 Å². The number of ether oxygens (including phenoxy) is 3. The third-order valence-electron chi connectivity index (χ3n) is 9.20. The first-order valence-electron chi connectivity index (χ1n) is 15.3. The average molecular weight is 569 g/mol. The van der Waals surface area contributed by atoms with Gasteiger partial charge in [-0.1, -0.05) is 67.1 Å². The van der Waals surface area contributed by atoms with Crippen molar-refractivity contribution in [2.24, 2.45) is 23.5 Å². The van der Waals surface area contributed by atoms with E-state index in [1.54, 1.807) is 0 Å². The summed E-state index contributed by atoms with van der Waals surface area (Å²) in [5.74, 6) is 2.78. The van der Waals surface area contributed by atoms with Crippen molar-refractivity contribution in [3.05, 3.63) is 89.5 Å². The maximum absolute atomic E-state index is 13.0. The topological polar surface area (TPSA) is 99.9 Å². The lowest BCUT2D eigenvalue weighted by molar-refractivity contribution is -0.147.